The summed E-state index contributed by atoms with van der Waals surface area (Å²) < 4.78 is 69.2. The topological polar surface area (TPSA) is 9.23 Å². The van der Waals surface area contributed by atoms with Crippen LogP contribution in [0.4, 0.5) is 22.0 Å². The molecule has 1 unspecified atom stereocenters. The molecule has 2 aromatic rings. The lowest BCUT2D eigenvalue weighted by atomic mass is 9.77. The normalized spacial score (nSPS) is 20.8. The zero-order chi connectivity index (χ0) is 21.9. The van der Waals surface area contributed by atoms with Gasteiger partial charge in [0.25, 0.3) is 0 Å². The summed E-state index contributed by atoms with van der Waals surface area (Å²) in [7, 11) is 0.991. The van der Waals surface area contributed by atoms with Gasteiger partial charge in [0.05, 0.1) is 0 Å². The number of rotatable bonds is 6. The van der Waals surface area contributed by atoms with Gasteiger partial charge in [-0.05, 0) is 72.4 Å². The summed E-state index contributed by atoms with van der Waals surface area (Å²) in [5, 5.41) is 0. The van der Waals surface area contributed by atoms with E-state index in [0.717, 1.165) is 64.4 Å². The molecule has 1 saturated carbocycles. The molecule has 3 rings (SSSR count). The maximum absolute atomic E-state index is 14.8. The van der Waals surface area contributed by atoms with Gasteiger partial charge >= 0.3 is 6.36 Å². The first-order valence-electron chi connectivity index (χ1n) is 10.3. The molecule has 0 amide bonds. The molecule has 1 fully saturated rings. The summed E-state index contributed by atoms with van der Waals surface area (Å²) in [5.41, 5.74) is 2.00. The standard InChI is InChI=1S/C23H25F5OSi/c1-3-30-14(2)15-4-6-16(7-5-15)17-8-10-19(20(24)12-17)18-9-11-22(21(25)13-18)29-23(26,27)28/h8-16H,3-7H2,1-2H3. The van der Waals surface area contributed by atoms with Crippen LogP contribution in [0.5, 0.6) is 5.75 Å². The quantitative estimate of drug-likeness (QED) is 0.329. The summed E-state index contributed by atoms with van der Waals surface area (Å²) in [6, 6.07) is 9.08. The van der Waals surface area contributed by atoms with Gasteiger partial charge in [-0.15, -0.1) is 13.2 Å². The van der Waals surface area contributed by atoms with Gasteiger partial charge < -0.3 is 4.74 Å². The second-order valence-electron chi connectivity index (χ2n) is 7.89. The average molecular weight is 441 g/mol. The maximum atomic E-state index is 14.8. The third kappa shape index (κ3) is 5.62. The number of ether oxygens (including phenoxy) is 1. The lowest BCUT2D eigenvalue weighted by Gasteiger charge is -2.32. The van der Waals surface area contributed by atoms with Crippen LogP contribution in [-0.2, 0) is 0 Å². The Bertz CT molecular complexity index is 859. The largest absolute Gasteiger partial charge is 0.573 e. The van der Waals surface area contributed by atoms with E-state index in [1.54, 1.807) is 6.07 Å². The molecule has 1 aliphatic carbocycles. The van der Waals surface area contributed by atoms with Gasteiger partial charge in [0, 0.05) is 15.1 Å². The third-order valence-corrected chi connectivity index (χ3v) is 7.46. The SMILES string of the molecule is CC[Si]C(C)C1CCC(c2ccc(-c3ccc(OC(F)(F)F)c(F)c3)c(F)c2)CC1. The molecular weight excluding hydrogens is 415 g/mol. The predicted octanol–water partition coefficient (Wildman–Crippen LogP) is 7.76. The highest BCUT2D eigenvalue weighted by molar-refractivity contribution is 6.37. The highest BCUT2D eigenvalue weighted by Crippen LogP contribution is 2.41. The van der Waals surface area contributed by atoms with E-state index in [1.165, 1.54) is 18.2 Å². The van der Waals surface area contributed by atoms with Crippen molar-refractivity contribution in [2.24, 2.45) is 5.92 Å². The van der Waals surface area contributed by atoms with Crippen LogP contribution in [0.3, 0.4) is 0 Å². The first kappa shape index (κ1) is 22.8. The third-order valence-electron chi connectivity index (χ3n) is 5.94. The van der Waals surface area contributed by atoms with Crippen LogP contribution < -0.4 is 4.74 Å². The van der Waals surface area contributed by atoms with E-state index in [2.05, 4.69) is 18.6 Å². The molecule has 0 spiro atoms. The van der Waals surface area contributed by atoms with Crippen molar-refractivity contribution < 1.29 is 26.7 Å². The van der Waals surface area contributed by atoms with Crippen LogP contribution in [-0.4, -0.2) is 15.9 Å². The predicted molar refractivity (Wildman–Crippen MR) is 109 cm³/mol. The molecule has 1 nitrogen and oxygen atoms in total. The fourth-order valence-electron chi connectivity index (χ4n) is 4.34. The molecule has 1 aliphatic rings. The Hall–Kier alpha value is -1.89. The Kier molecular flexibility index (Phi) is 7.21. The molecule has 0 aromatic heterocycles. The second kappa shape index (κ2) is 9.50. The van der Waals surface area contributed by atoms with Crippen LogP contribution in [0, 0.1) is 17.6 Å². The molecule has 0 N–H and O–H groups in total. The molecule has 2 aromatic carbocycles. The molecule has 162 valence electrons. The van der Waals surface area contributed by atoms with Crippen LogP contribution in [0.15, 0.2) is 36.4 Å². The molecule has 0 aliphatic heterocycles. The molecule has 0 saturated heterocycles. The number of alkyl halides is 3. The molecule has 7 heteroatoms. The van der Waals surface area contributed by atoms with E-state index in [0.29, 0.717) is 5.92 Å². The van der Waals surface area contributed by atoms with E-state index >= 15 is 0 Å². The summed E-state index contributed by atoms with van der Waals surface area (Å²) >= 11 is 0. The van der Waals surface area contributed by atoms with Crippen molar-refractivity contribution >= 4 is 9.52 Å². The number of hydrogen-bond donors (Lipinski definition) is 0. The summed E-state index contributed by atoms with van der Waals surface area (Å²) in [4.78, 5) is 0. The number of hydrogen-bond acceptors (Lipinski definition) is 1. The van der Waals surface area contributed by atoms with Crippen molar-refractivity contribution in [3.05, 3.63) is 53.6 Å². The lowest BCUT2D eigenvalue weighted by Crippen LogP contribution is -2.19. The number of benzene rings is 2. The molecule has 2 radical (unpaired) electrons. The Morgan fingerprint density at radius 2 is 1.70 bits per heavy atom. The average Bonchev–Trinajstić information content (AvgIpc) is 2.69. The monoisotopic (exact) mass is 440 g/mol. The van der Waals surface area contributed by atoms with E-state index in [-0.39, 0.29) is 11.1 Å². The van der Waals surface area contributed by atoms with E-state index in [9.17, 15) is 22.0 Å². The molecular formula is C23H25F5OSi. The van der Waals surface area contributed by atoms with Crippen molar-refractivity contribution in [1.82, 2.24) is 0 Å². The number of halogens is 5. The van der Waals surface area contributed by atoms with Crippen LogP contribution in [0.2, 0.25) is 11.6 Å². The summed E-state index contributed by atoms with van der Waals surface area (Å²) in [6.45, 7) is 4.54. The van der Waals surface area contributed by atoms with Crippen molar-refractivity contribution in [3.8, 4) is 16.9 Å². The van der Waals surface area contributed by atoms with E-state index in [4.69, 9.17) is 0 Å². The van der Waals surface area contributed by atoms with E-state index in [1.807, 2.05) is 6.07 Å². The molecule has 30 heavy (non-hydrogen) atoms. The zero-order valence-corrected chi connectivity index (χ0v) is 18.0. The first-order valence-corrected chi connectivity index (χ1v) is 11.5. The fraction of sp³-hybridized carbons (Fsp3) is 0.478. The molecule has 0 heterocycles. The Labute approximate surface area is 176 Å². The van der Waals surface area contributed by atoms with Gasteiger partial charge in [-0.25, -0.2) is 8.78 Å². The Morgan fingerprint density at radius 3 is 2.27 bits per heavy atom. The van der Waals surface area contributed by atoms with Gasteiger partial charge in [-0.2, -0.15) is 0 Å². The van der Waals surface area contributed by atoms with Gasteiger partial charge in [-0.1, -0.05) is 38.1 Å². The molecule has 0 bridgehead atoms. The van der Waals surface area contributed by atoms with Crippen LogP contribution in [0.1, 0.15) is 51.0 Å². The zero-order valence-electron chi connectivity index (χ0n) is 17.0. The highest BCUT2D eigenvalue weighted by Gasteiger charge is 2.32. The smallest absolute Gasteiger partial charge is 0.403 e. The van der Waals surface area contributed by atoms with Gasteiger partial charge in [0.2, 0.25) is 0 Å². The van der Waals surface area contributed by atoms with E-state index < -0.39 is 23.7 Å². The highest BCUT2D eigenvalue weighted by atomic mass is 28.2. The minimum atomic E-state index is -4.98. The summed E-state index contributed by atoms with van der Waals surface area (Å²) in [5.74, 6) is -1.57. The Morgan fingerprint density at radius 1 is 1.00 bits per heavy atom. The minimum absolute atomic E-state index is 0.155. The minimum Gasteiger partial charge on any atom is -0.403 e. The lowest BCUT2D eigenvalue weighted by molar-refractivity contribution is -0.275. The van der Waals surface area contributed by atoms with Crippen LogP contribution in [0.25, 0.3) is 11.1 Å². The second-order valence-corrected chi connectivity index (χ2v) is 9.92. The van der Waals surface area contributed by atoms with Gasteiger partial charge in [0.1, 0.15) is 5.82 Å². The first-order chi connectivity index (χ1) is 14.2. The van der Waals surface area contributed by atoms with Crippen molar-refractivity contribution in [1.29, 1.82) is 0 Å². The van der Waals surface area contributed by atoms with Crippen LogP contribution >= 0.6 is 0 Å². The summed E-state index contributed by atoms with van der Waals surface area (Å²) in [6.07, 6.45) is -0.634. The fourth-order valence-corrected chi connectivity index (χ4v) is 5.65. The maximum Gasteiger partial charge on any atom is 0.573 e. The van der Waals surface area contributed by atoms with Gasteiger partial charge in [-0.3, -0.25) is 0 Å². The van der Waals surface area contributed by atoms with Crippen molar-refractivity contribution in [2.45, 2.75) is 63.4 Å². The van der Waals surface area contributed by atoms with Crippen molar-refractivity contribution in [3.63, 3.8) is 0 Å². The Balaban J connectivity index is 1.71. The molecule has 1 atom stereocenters. The van der Waals surface area contributed by atoms with Gasteiger partial charge in [0.15, 0.2) is 11.6 Å². The van der Waals surface area contributed by atoms with Crippen molar-refractivity contribution in [2.75, 3.05) is 0 Å².